The Morgan fingerprint density at radius 3 is 2.54 bits per heavy atom. The molecular weight excluding hydrogens is 168 g/mol. The molecule has 0 radical (unpaired) electrons. The standard InChI is InChI=1S/C9H14N2O2/c1-9(2,3)11-6-7(5-10-11)8(12)13-4/h5-6H,1-4H3. The zero-order chi connectivity index (χ0) is 10.1. The third-order valence-corrected chi connectivity index (χ3v) is 1.69. The van der Waals surface area contributed by atoms with E-state index < -0.39 is 0 Å². The topological polar surface area (TPSA) is 44.1 Å². The minimum absolute atomic E-state index is 0.105. The van der Waals surface area contributed by atoms with Crippen molar-refractivity contribution in [2.45, 2.75) is 26.3 Å². The van der Waals surface area contributed by atoms with Gasteiger partial charge in [-0.15, -0.1) is 0 Å². The van der Waals surface area contributed by atoms with Crippen LogP contribution in [0.25, 0.3) is 0 Å². The fraction of sp³-hybridized carbons (Fsp3) is 0.556. The van der Waals surface area contributed by atoms with Gasteiger partial charge in [-0.1, -0.05) is 0 Å². The maximum Gasteiger partial charge on any atom is 0.341 e. The van der Waals surface area contributed by atoms with Crippen LogP contribution < -0.4 is 0 Å². The Labute approximate surface area is 77.5 Å². The van der Waals surface area contributed by atoms with E-state index in [1.54, 1.807) is 10.9 Å². The van der Waals surface area contributed by atoms with E-state index in [2.05, 4.69) is 9.84 Å². The van der Waals surface area contributed by atoms with Crippen LogP contribution in [0.15, 0.2) is 12.4 Å². The highest BCUT2D eigenvalue weighted by Crippen LogP contribution is 2.13. The number of ether oxygens (including phenoxy) is 1. The van der Waals surface area contributed by atoms with Crippen molar-refractivity contribution in [2.75, 3.05) is 7.11 Å². The molecule has 1 rings (SSSR count). The van der Waals surface area contributed by atoms with Gasteiger partial charge in [0.1, 0.15) is 0 Å². The van der Waals surface area contributed by atoms with E-state index in [1.807, 2.05) is 20.8 Å². The molecule has 1 aromatic rings. The predicted molar refractivity (Wildman–Crippen MR) is 48.6 cm³/mol. The SMILES string of the molecule is COC(=O)c1cnn(C(C)(C)C)c1. The van der Waals surface area contributed by atoms with Crippen molar-refractivity contribution in [2.24, 2.45) is 0 Å². The summed E-state index contributed by atoms with van der Waals surface area (Å²) in [5.41, 5.74) is 0.379. The van der Waals surface area contributed by atoms with Gasteiger partial charge < -0.3 is 4.74 Å². The summed E-state index contributed by atoms with van der Waals surface area (Å²) < 4.78 is 6.31. The largest absolute Gasteiger partial charge is 0.465 e. The van der Waals surface area contributed by atoms with Gasteiger partial charge in [-0.2, -0.15) is 5.10 Å². The number of rotatable bonds is 1. The van der Waals surface area contributed by atoms with Crippen LogP contribution >= 0.6 is 0 Å². The zero-order valence-electron chi connectivity index (χ0n) is 8.37. The van der Waals surface area contributed by atoms with Crippen LogP contribution in [0.5, 0.6) is 0 Å². The van der Waals surface area contributed by atoms with Crippen LogP contribution in [0.1, 0.15) is 31.1 Å². The Morgan fingerprint density at radius 1 is 1.54 bits per heavy atom. The van der Waals surface area contributed by atoms with Crippen molar-refractivity contribution in [3.05, 3.63) is 18.0 Å². The van der Waals surface area contributed by atoms with Crippen molar-refractivity contribution >= 4 is 5.97 Å². The number of aromatic nitrogens is 2. The number of nitrogens with zero attached hydrogens (tertiary/aromatic N) is 2. The van der Waals surface area contributed by atoms with Crippen LogP contribution in [-0.2, 0) is 10.3 Å². The molecule has 0 aliphatic rings. The smallest absolute Gasteiger partial charge is 0.341 e. The van der Waals surface area contributed by atoms with E-state index in [0.717, 1.165) is 0 Å². The van der Waals surface area contributed by atoms with Gasteiger partial charge in [0, 0.05) is 6.20 Å². The molecule has 0 spiro atoms. The van der Waals surface area contributed by atoms with Gasteiger partial charge in [0.05, 0.1) is 24.4 Å². The summed E-state index contributed by atoms with van der Waals surface area (Å²) in [6.07, 6.45) is 3.20. The summed E-state index contributed by atoms with van der Waals surface area (Å²) >= 11 is 0. The molecule has 4 nitrogen and oxygen atoms in total. The quantitative estimate of drug-likeness (QED) is 0.617. The van der Waals surface area contributed by atoms with Gasteiger partial charge in [-0.3, -0.25) is 4.68 Å². The number of hydrogen-bond acceptors (Lipinski definition) is 3. The lowest BCUT2D eigenvalue weighted by molar-refractivity contribution is 0.0600. The van der Waals surface area contributed by atoms with E-state index in [4.69, 9.17) is 0 Å². The van der Waals surface area contributed by atoms with E-state index >= 15 is 0 Å². The van der Waals surface area contributed by atoms with Crippen molar-refractivity contribution in [3.63, 3.8) is 0 Å². The normalized spacial score (nSPS) is 11.4. The Hall–Kier alpha value is -1.32. The second-order valence-corrected chi connectivity index (χ2v) is 3.84. The Bertz CT molecular complexity index is 310. The summed E-state index contributed by atoms with van der Waals surface area (Å²) in [7, 11) is 1.36. The molecule has 0 saturated heterocycles. The highest BCUT2D eigenvalue weighted by molar-refractivity contribution is 5.88. The molecule has 4 heteroatoms. The first-order valence-electron chi connectivity index (χ1n) is 4.08. The lowest BCUT2D eigenvalue weighted by Gasteiger charge is -2.18. The number of hydrogen-bond donors (Lipinski definition) is 0. The van der Waals surface area contributed by atoms with Gasteiger partial charge in [0.25, 0.3) is 0 Å². The van der Waals surface area contributed by atoms with Gasteiger partial charge in [0.2, 0.25) is 0 Å². The molecule has 0 saturated carbocycles. The molecule has 1 heterocycles. The fourth-order valence-corrected chi connectivity index (χ4v) is 0.913. The second kappa shape index (κ2) is 3.20. The number of esters is 1. The zero-order valence-corrected chi connectivity index (χ0v) is 8.37. The predicted octanol–water partition coefficient (Wildman–Crippen LogP) is 1.42. The number of carbonyl (C=O) groups is 1. The highest BCUT2D eigenvalue weighted by Gasteiger charge is 2.16. The number of methoxy groups -OCH3 is 1. The minimum Gasteiger partial charge on any atom is -0.465 e. The Kier molecular flexibility index (Phi) is 2.40. The van der Waals surface area contributed by atoms with E-state index in [1.165, 1.54) is 13.3 Å². The summed E-state index contributed by atoms with van der Waals surface area (Å²) in [6.45, 7) is 6.04. The molecule has 0 N–H and O–H groups in total. The molecule has 0 aliphatic carbocycles. The summed E-state index contributed by atoms with van der Waals surface area (Å²) in [5.74, 6) is -0.351. The van der Waals surface area contributed by atoms with Gasteiger partial charge in [-0.05, 0) is 20.8 Å². The molecule has 1 aromatic heterocycles. The monoisotopic (exact) mass is 182 g/mol. The van der Waals surface area contributed by atoms with Crippen LogP contribution in [0.2, 0.25) is 0 Å². The summed E-state index contributed by atoms with van der Waals surface area (Å²) in [4.78, 5) is 11.1. The molecule has 0 aromatic carbocycles. The van der Waals surface area contributed by atoms with Crippen LogP contribution in [-0.4, -0.2) is 22.9 Å². The van der Waals surface area contributed by atoms with Crippen LogP contribution in [0.3, 0.4) is 0 Å². The van der Waals surface area contributed by atoms with Crippen molar-refractivity contribution < 1.29 is 9.53 Å². The molecule has 0 unspecified atom stereocenters. The first kappa shape index (κ1) is 9.77. The fourth-order valence-electron chi connectivity index (χ4n) is 0.913. The molecule has 0 aliphatic heterocycles. The number of carbonyl (C=O) groups excluding carboxylic acids is 1. The van der Waals surface area contributed by atoms with Crippen LogP contribution in [0, 0.1) is 0 Å². The van der Waals surface area contributed by atoms with Crippen molar-refractivity contribution in [1.82, 2.24) is 9.78 Å². The molecule has 13 heavy (non-hydrogen) atoms. The van der Waals surface area contributed by atoms with Crippen molar-refractivity contribution in [1.29, 1.82) is 0 Å². The average Bonchev–Trinajstić information content (AvgIpc) is 2.50. The first-order valence-corrected chi connectivity index (χ1v) is 4.08. The Morgan fingerprint density at radius 2 is 2.15 bits per heavy atom. The third kappa shape index (κ3) is 2.08. The highest BCUT2D eigenvalue weighted by atomic mass is 16.5. The first-order chi connectivity index (χ1) is 5.95. The van der Waals surface area contributed by atoms with Gasteiger partial charge in [-0.25, -0.2) is 4.79 Å². The minimum atomic E-state index is -0.351. The lowest BCUT2D eigenvalue weighted by Crippen LogP contribution is -2.22. The van der Waals surface area contributed by atoms with E-state index in [-0.39, 0.29) is 11.5 Å². The summed E-state index contributed by atoms with van der Waals surface area (Å²) in [6, 6.07) is 0. The third-order valence-electron chi connectivity index (χ3n) is 1.69. The van der Waals surface area contributed by atoms with Crippen molar-refractivity contribution in [3.8, 4) is 0 Å². The molecule has 0 bridgehead atoms. The molecule has 0 amide bonds. The maximum absolute atomic E-state index is 11.1. The van der Waals surface area contributed by atoms with E-state index in [9.17, 15) is 4.79 Å². The van der Waals surface area contributed by atoms with Gasteiger partial charge >= 0.3 is 5.97 Å². The molecule has 0 fully saturated rings. The molecule has 72 valence electrons. The van der Waals surface area contributed by atoms with Gasteiger partial charge in [0.15, 0.2) is 0 Å². The average molecular weight is 182 g/mol. The Balaban J connectivity index is 2.93. The van der Waals surface area contributed by atoms with E-state index in [0.29, 0.717) is 5.56 Å². The van der Waals surface area contributed by atoms with Crippen LogP contribution in [0.4, 0.5) is 0 Å². The maximum atomic E-state index is 11.1. The summed E-state index contributed by atoms with van der Waals surface area (Å²) in [5, 5.41) is 4.07. The second-order valence-electron chi connectivity index (χ2n) is 3.84. The lowest BCUT2D eigenvalue weighted by atomic mass is 10.1. The molecule has 0 atom stereocenters. The molecular formula is C9H14N2O2.